The molecule has 0 saturated carbocycles. The summed E-state index contributed by atoms with van der Waals surface area (Å²) < 4.78 is 5.74. The van der Waals surface area contributed by atoms with E-state index in [-0.39, 0.29) is 5.96 Å². The first-order chi connectivity index (χ1) is 14.6. The molecule has 4 N–H and O–H groups in total. The number of hydrogen-bond donors (Lipinski definition) is 2. The highest BCUT2D eigenvalue weighted by Gasteiger charge is 2.52. The van der Waals surface area contributed by atoms with Crippen molar-refractivity contribution in [2.75, 3.05) is 6.61 Å². The first-order valence-electron chi connectivity index (χ1n) is 9.96. The van der Waals surface area contributed by atoms with Gasteiger partial charge >= 0.3 is 0 Å². The molecule has 0 spiro atoms. The van der Waals surface area contributed by atoms with Crippen molar-refractivity contribution in [1.82, 2.24) is 5.01 Å². The molecular formula is C24H22N4O2. The Kier molecular flexibility index (Phi) is 4.29. The molecule has 2 aliphatic rings. The summed E-state index contributed by atoms with van der Waals surface area (Å²) in [5.74, 6) is 6.88. The van der Waals surface area contributed by atoms with Crippen LogP contribution in [0.15, 0.2) is 77.8 Å². The number of nitrogens with zero attached hydrogens (tertiary/aromatic N) is 2. The molecule has 150 valence electrons. The predicted molar refractivity (Wildman–Crippen MR) is 116 cm³/mol. The van der Waals surface area contributed by atoms with Gasteiger partial charge in [-0.15, -0.1) is 0 Å². The van der Waals surface area contributed by atoms with Crippen LogP contribution in [0, 0.1) is 0 Å². The number of aliphatic imine (C=N–C) groups is 1. The van der Waals surface area contributed by atoms with Gasteiger partial charge in [0.2, 0.25) is 5.96 Å². The van der Waals surface area contributed by atoms with E-state index in [2.05, 4.69) is 11.1 Å². The van der Waals surface area contributed by atoms with Crippen molar-refractivity contribution >= 4 is 11.9 Å². The number of carbonyl (C=O) groups is 1. The maximum absolute atomic E-state index is 13.2. The molecule has 5 rings (SSSR count). The van der Waals surface area contributed by atoms with Crippen LogP contribution in [0.4, 0.5) is 0 Å². The number of benzene rings is 3. The maximum atomic E-state index is 13.2. The summed E-state index contributed by atoms with van der Waals surface area (Å²) >= 11 is 0. The number of rotatable bonds is 3. The lowest BCUT2D eigenvalue weighted by atomic mass is 9.81. The molecule has 2 heterocycles. The molecule has 0 radical (unpaired) electrons. The third-order valence-electron chi connectivity index (χ3n) is 5.85. The highest BCUT2D eigenvalue weighted by Crippen LogP contribution is 2.40. The number of guanidine groups is 1. The fraction of sp³-hybridized carbons (Fsp3) is 0.167. The first-order valence-corrected chi connectivity index (χ1v) is 9.96. The lowest BCUT2D eigenvalue weighted by Gasteiger charge is -2.35. The normalized spacial score (nSPS) is 20.5. The van der Waals surface area contributed by atoms with Crippen molar-refractivity contribution in [3.8, 4) is 16.9 Å². The third-order valence-corrected chi connectivity index (χ3v) is 5.85. The van der Waals surface area contributed by atoms with E-state index < -0.39 is 11.4 Å². The van der Waals surface area contributed by atoms with Crippen LogP contribution in [-0.2, 0) is 16.8 Å². The molecule has 3 aromatic rings. The zero-order chi connectivity index (χ0) is 20.7. The van der Waals surface area contributed by atoms with E-state index in [1.165, 1.54) is 10.6 Å². The van der Waals surface area contributed by atoms with Crippen LogP contribution in [0.3, 0.4) is 0 Å². The van der Waals surface area contributed by atoms with Crippen LogP contribution in [0.2, 0.25) is 0 Å². The van der Waals surface area contributed by atoms with E-state index >= 15 is 0 Å². The molecule has 1 amide bonds. The summed E-state index contributed by atoms with van der Waals surface area (Å²) in [6.45, 7) is 0.761. The van der Waals surface area contributed by atoms with Gasteiger partial charge in [-0.2, -0.15) is 4.99 Å². The number of hydrogen-bond acceptors (Lipinski definition) is 5. The standard InChI is InChI=1S/C24H22N4O2/c25-23-27-22(29)24(28(23)26,19-8-2-1-3-9-19)20-10-4-6-16(15-20)17-11-12-21-18(14-17)7-5-13-30-21/h1-4,6,8-12,14-15H,5,7,13,26H2,(H2,25,27,29). The summed E-state index contributed by atoms with van der Waals surface area (Å²) in [6, 6.07) is 23.4. The van der Waals surface area contributed by atoms with E-state index in [9.17, 15) is 4.79 Å². The average Bonchev–Trinajstić information content (AvgIpc) is 3.03. The van der Waals surface area contributed by atoms with Crippen LogP contribution in [0.5, 0.6) is 5.75 Å². The average molecular weight is 398 g/mol. The molecule has 6 nitrogen and oxygen atoms in total. The van der Waals surface area contributed by atoms with Gasteiger partial charge in [0.15, 0.2) is 5.54 Å². The molecule has 0 fully saturated rings. The molecule has 0 bridgehead atoms. The second kappa shape index (κ2) is 7.00. The number of ether oxygens (including phenoxy) is 1. The minimum atomic E-state index is -1.29. The van der Waals surface area contributed by atoms with Gasteiger partial charge in [-0.25, -0.2) is 5.84 Å². The highest BCUT2D eigenvalue weighted by molar-refractivity contribution is 6.07. The molecule has 30 heavy (non-hydrogen) atoms. The molecule has 2 aliphatic heterocycles. The predicted octanol–water partition coefficient (Wildman–Crippen LogP) is 2.95. The molecule has 3 aromatic carbocycles. The zero-order valence-electron chi connectivity index (χ0n) is 16.4. The summed E-state index contributed by atoms with van der Waals surface area (Å²) in [6.07, 6.45) is 2.01. The van der Waals surface area contributed by atoms with E-state index in [4.69, 9.17) is 16.3 Å². The largest absolute Gasteiger partial charge is 0.493 e. The van der Waals surface area contributed by atoms with E-state index in [1.807, 2.05) is 66.7 Å². The van der Waals surface area contributed by atoms with Gasteiger partial charge in [0.25, 0.3) is 5.91 Å². The fourth-order valence-electron chi connectivity index (χ4n) is 4.35. The van der Waals surface area contributed by atoms with Crippen molar-refractivity contribution < 1.29 is 9.53 Å². The summed E-state index contributed by atoms with van der Waals surface area (Å²) in [7, 11) is 0. The van der Waals surface area contributed by atoms with Gasteiger partial charge in [-0.3, -0.25) is 9.80 Å². The zero-order valence-corrected chi connectivity index (χ0v) is 16.4. The Hall–Kier alpha value is -3.64. The second-order valence-corrected chi connectivity index (χ2v) is 7.58. The van der Waals surface area contributed by atoms with Gasteiger partial charge in [0.05, 0.1) is 6.61 Å². The third kappa shape index (κ3) is 2.69. The minimum Gasteiger partial charge on any atom is -0.493 e. The quantitative estimate of drug-likeness (QED) is 0.662. The Morgan fingerprint density at radius 1 is 0.933 bits per heavy atom. The van der Waals surface area contributed by atoms with E-state index in [0.717, 1.165) is 47.5 Å². The van der Waals surface area contributed by atoms with Gasteiger partial charge in [-0.05, 0) is 58.9 Å². The number of amides is 1. The highest BCUT2D eigenvalue weighted by atomic mass is 16.5. The molecule has 0 aliphatic carbocycles. The summed E-state index contributed by atoms with van der Waals surface area (Å²) in [5, 5.41) is 1.27. The van der Waals surface area contributed by atoms with E-state index in [1.54, 1.807) is 0 Å². The maximum Gasteiger partial charge on any atom is 0.285 e. The van der Waals surface area contributed by atoms with Gasteiger partial charge in [0, 0.05) is 0 Å². The number of aryl methyl sites for hydroxylation is 1. The van der Waals surface area contributed by atoms with Crippen molar-refractivity contribution in [3.05, 3.63) is 89.5 Å². The Morgan fingerprint density at radius 3 is 2.47 bits per heavy atom. The lowest BCUT2D eigenvalue weighted by Crippen LogP contribution is -2.55. The minimum absolute atomic E-state index is 0.000172. The summed E-state index contributed by atoms with van der Waals surface area (Å²) in [5.41, 5.74) is 9.36. The fourth-order valence-corrected chi connectivity index (χ4v) is 4.35. The smallest absolute Gasteiger partial charge is 0.285 e. The number of hydrazine groups is 1. The first kappa shape index (κ1) is 18.4. The lowest BCUT2D eigenvalue weighted by molar-refractivity contribution is -0.124. The van der Waals surface area contributed by atoms with Crippen molar-refractivity contribution in [3.63, 3.8) is 0 Å². The molecular weight excluding hydrogens is 376 g/mol. The number of nitrogens with two attached hydrogens (primary N) is 2. The van der Waals surface area contributed by atoms with Gasteiger partial charge < -0.3 is 10.5 Å². The SMILES string of the molecule is NC1=NC(=O)C(c2ccccc2)(c2cccc(-c3ccc4c(c3)CCCO4)c2)N1N. The van der Waals surface area contributed by atoms with Gasteiger partial charge in [-0.1, -0.05) is 54.6 Å². The van der Waals surface area contributed by atoms with Crippen LogP contribution in [-0.4, -0.2) is 23.5 Å². The summed E-state index contributed by atoms with van der Waals surface area (Å²) in [4.78, 5) is 17.1. The Labute approximate surface area is 174 Å². The number of carbonyl (C=O) groups excluding carboxylic acids is 1. The van der Waals surface area contributed by atoms with E-state index in [0.29, 0.717) is 0 Å². The molecule has 6 heteroatoms. The van der Waals surface area contributed by atoms with Crippen LogP contribution >= 0.6 is 0 Å². The number of fused-ring (bicyclic) bond motifs is 1. The van der Waals surface area contributed by atoms with Crippen molar-refractivity contribution in [1.29, 1.82) is 0 Å². The Morgan fingerprint density at radius 2 is 1.70 bits per heavy atom. The molecule has 1 unspecified atom stereocenters. The molecule has 0 saturated heterocycles. The molecule has 0 aromatic heterocycles. The van der Waals surface area contributed by atoms with Crippen molar-refractivity contribution in [2.45, 2.75) is 18.4 Å². The van der Waals surface area contributed by atoms with Crippen LogP contribution < -0.4 is 16.3 Å². The van der Waals surface area contributed by atoms with Crippen molar-refractivity contribution in [2.24, 2.45) is 16.6 Å². The topological polar surface area (TPSA) is 93.9 Å². The second-order valence-electron chi connectivity index (χ2n) is 7.58. The van der Waals surface area contributed by atoms with Crippen LogP contribution in [0.25, 0.3) is 11.1 Å². The monoisotopic (exact) mass is 398 g/mol. The Bertz CT molecular complexity index is 1160. The Balaban J connectivity index is 1.65. The van der Waals surface area contributed by atoms with Gasteiger partial charge in [0.1, 0.15) is 5.75 Å². The molecule has 1 atom stereocenters. The van der Waals surface area contributed by atoms with Crippen LogP contribution in [0.1, 0.15) is 23.1 Å².